The molecule has 4 rings (SSSR count). The molecule has 0 amide bonds. The number of benzene rings is 2. The lowest BCUT2D eigenvalue weighted by molar-refractivity contribution is -0.174. The molecular formula is C20H20N2O6. The Hall–Kier alpha value is -3.10. The van der Waals surface area contributed by atoms with Crippen LogP contribution in [-0.2, 0) is 32.1 Å². The maximum absolute atomic E-state index is 12.2. The molecule has 0 aliphatic carbocycles. The van der Waals surface area contributed by atoms with Crippen molar-refractivity contribution in [2.75, 3.05) is 23.2 Å². The molecule has 0 radical (unpaired) electrons. The number of aliphatic hydroxyl groups excluding tert-OH is 2. The number of aliphatic hydroxyl groups is 2. The minimum atomic E-state index is -2.06. The fourth-order valence-corrected chi connectivity index (χ4v) is 3.39. The summed E-state index contributed by atoms with van der Waals surface area (Å²) in [5.74, 6) is -2.24. The van der Waals surface area contributed by atoms with E-state index in [0.29, 0.717) is 37.3 Å². The molecule has 8 nitrogen and oxygen atoms in total. The summed E-state index contributed by atoms with van der Waals surface area (Å²) in [7, 11) is 0. The molecule has 0 bridgehead atoms. The molecule has 2 aromatic carbocycles. The molecule has 0 spiro atoms. The van der Waals surface area contributed by atoms with Crippen LogP contribution >= 0.6 is 0 Å². The summed E-state index contributed by atoms with van der Waals surface area (Å²) in [5.41, 5.74) is 3.46. The second-order valence-electron chi connectivity index (χ2n) is 6.67. The lowest BCUT2D eigenvalue weighted by Crippen LogP contribution is -2.45. The van der Waals surface area contributed by atoms with Crippen molar-refractivity contribution >= 4 is 23.3 Å². The zero-order valence-corrected chi connectivity index (χ0v) is 15.0. The first kappa shape index (κ1) is 18.3. The van der Waals surface area contributed by atoms with Gasteiger partial charge in [0.2, 0.25) is 0 Å². The van der Waals surface area contributed by atoms with Gasteiger partial charge in [-0.1, -0.05) is 36.4 Å². The van der Waals surface area contributed by atoms with Crippen LogP contribution in [-0.4, -0.2) is 47.4 Å². The van der Waals surface area contributed by atoms with Crippen molar-refractivity contribution in [1.82, 2.24) is 0 Å². The van der Waals surface area contributed by atoms with Gasteiger partial charge in [-0.15, -0.1) is 0 Å². The van der Waals surface area contributed by atoms with Crippen molar-refractivity contribution in [3.8, 4) is 0 Å². The molecule has 146 valence electrons. The van der Waals surface area contributed by atoms with E-state index in [-0.39, 0.29) is 0 Å². The summed E-state index contributed by atoms with van der Waals surface area (Å²) in [6.07, 6.45) is -2.73. The zero-order valence-electron chi connectivity index (χ0n) is 15.0. The predicted molar refractivity (Wildman–Crippen MR) is 99.2 cm³/mol. The topological polar surface area (TPSA) is 99.5 Å². The smallest absolute Gasteiger partial charge is 0.363 e. The highest BCUT2D eigenvalue weighted by Gasteiger charge is 2.37. The number of hydroxylamine groups is 2. The van der Waals surface area contributed by atoms with Crippen LogP contribution in [0.25, 0.3) is 0 Å². The molecule has 28 heavy (non-hydrogen) atoms. The molecule has 0 saturated carbocycles. The molecule has 0 aromatic heterocycles. The summed E-state index contributed by atoms with van der Waals surface area (Å²) in [6, 6.07) is 14.8. The van der Waals surface area contributed by atoms with E-state index < -0.39 is 24.1 Å². The second kappa shape index (κ2) is 7.49. The highest BCUT2D eigenvalue weighted by Crippen LogP contribution is 2.29. The van der Waals surface area contributed by atoms with E-state index >= 15 is 0 Å². The first-order chi connectivity index (χ1) is 13.5. The van der Waals surface area contributed by atoms with Crippen LogP contribution in [0.4, 0.5) is 11.4 Å². The van der Waals surface area contributed by atoms with Gasteiger partial charge in [0.1, 0.15) is 0 Å². The van der Waals surface area contributed by atoms with Gasteiger partial charge >= 0.3 is 11.9 Å². The second-order valence-corrected chi connectivity index (χ2v) is 6.67. The first-order valence-electron chi connectivity index (χ1n) is 9.05. The maximum atomic E-state index is 12.2. The Balaban J connectivity index is 1.36. The highest BCUT2D eigenvalue weighted by atomic mass is 16.7. The van der Waals surface area contributed by atoms with Gasteiger partial charge in [0.15, 0.2) is 12.2 Å². The monoisotopic (exact) mass is 384 g/mol. The summed E-state index contributed by atoms with van der Waals surface area (Å²) in [4.78, 5) is 34.7. The van der Waals surface area contributed by atoms with Crippen LogP contribution in [0.3, 0.4) is 0 Å². The normalized spacial score (nSPS) is 16.9. The van der Waals surface area contributed by atoms with Crippen molar-refractivity contribution in [2.45, 2.75) is 25.0 Å². The Labute approximate surface area is 161 Å². The predicted octanol–water partition coefficient (Wildman–Crippen LogP) is 0.750. The molecule has 2 N–H and O–H groups in total. The highest BCUT2D eigenvalue weighted by molar-refractivity contribution is 5.86. The third-order valence-electron chi connectivity index (χ3n) is 4.87. The third-order valence-corrected chi connectivity index (χ3v) is 4.87. The zero-order chi connectivity index (χ0) is 19.7. The summed E-state index contributed by atoms with van der Waals surface area (Å²) >= 11 is 0. The lowest BCUT2D eigenvalue weighted by Gasteiger charge is -2.23. The number of hydrogen-bond donors (Lipinski definition) is 2. The number of carbonyl (C=O) groups excluding carboxylic acids is 2. The number of carbonyl (C=O) groups is 2. The van der Waals surface area contributed by atoms with E-state index in [1.165, 1.54) is 10.1 Å². The van der Waals surface area contributed by atoms with Crippen molar-refractivity contribution in [2.24, 2.45) is 0 Å². The van der Waals surface area contributed by atoms with Crippen LogP contribution in [0, 0.1) is 0 Å². The molecule has 0 saturated heterocycles. The van der Waals surface area contributed by atoms with Crippen LogP contribution < -0.4 is 10.1 Å². The van der Waals surface area contributed by atoms with E-state index in [4.69, 9.17) is 9.68 Å². The van der Waals surface area contributed by atoms with Gasteiger partial charge in [-0.05, 0) is 36.1 Å². The van der Waals surface area contributed by atoms with Crippen LogP contribution in [0.5, 0.6) is 0 Å². The summed E-state index contributed by atoms with van der Waals surface area (Å²) < 4.78 is 0. The molecular weight excluding hydrogens is 364 g/mol. The first-order valence-corrected chi connectivity index (χ1v) is 9.05. The molecule has 2 aliphatic heterocycles. The van der Waals surface area contributed by atoms with Gasteiger partial charge in [0, 0.05) is 0 Å². The van der Waals surface area contributed by atoms with E-state index in [1.54, 1.807) is 12.1 Å². The molecule has 2 aliphatic rings. The van der Waals surface area contributed by atoms with E-state index in [1.807, 2.05) is 36.4 Å². The van der Waals surface area contributed by atoms with Gasteiger partial charge in [-0.2, -0.15) is 0 Å². The van der Waals surface area contributed by atoms with E-state index in [2.05, 4.69) is 0 Å². The lowest BCUT2D eigenvalue weighted by atomic mass is 10.2. The Morgan fingerprint density at radius 3 is 1.57 bits per heavy atom. The van der Waals surface area contributed by atoms with E-state index in [9.17, 15) is 19.8 Å². The quantitative estimate of drug-likeness (QED) is 0.779. The standard InChI is InChI=1S/C20H20N2O6/c23-17(19(25)27-21-11-9-13-5-1-3-7-15(13)21)18(24)20(26)28-22-12-10-14-6-2-4-8-16(14)22/h1-8,17-18,23-24H,9-12H2. The van der Waals surface area contributed by atoms with Gasteiger partial charge in [-0.25, -0.2) is 19.7 Å². The molecule has 0 fully saturated rings. The minimum Gasteiger partial charge on any atom is -0.379 e. The maximum Gasteiger partial charge on any atom is 0.363 e. The minimum absolute atomic E-state index is 0.433. The van der Waals surface area contributed by atoms with E-state index in [0.717, 1.165) is 11.1 Å². The average molecular weight is 384 g/mol. The fourth-order valence-electron chi connectivity index (χ4n) is 3.39. The number of para-hydroxylation sites is 2. The average Bonchev–Trinajstić information content (AvgIpc) is 3.31. The largest absolute Gasteiger partial charge is 0.379 e. The van der Waals surface area contributed by atoms with Crippen molar-refractivity contribution in [3.63, 3.8) is 0 Å². The Morgan fingerprint density at radius 1 is 0.750 bits per heavy atom. The molecule has 2 atom stereocenters. The number of fused-ring (bicyclic) bond motifs is 2. The van der Waals surface area contributed by atoms with Crippen LogP contribution in [0.15, 0.2) is 48.5 Å². The number of rotatable bonds is 5. The summed E-state index contributed by atoms with van der Waals surface area (Å²) in [6.45, 7) is 0.867. The van der Waals surface area contributed by atoms with Gasteiger partial charge < -0.3 is 19.9 Å². The summed E-state index contributed by atoms with van der Waals surface area (Å²) in [5, 5.41) is 22.8. The SMILES string of the molecule is O=C(ON1CCc2ccccc21)C(O)C(O)C(=O)ON1CCc2ccccc21. The fraction of sp³-hybridized carbons (Fsp3) is 0.300. The third kappa shape index (κ3) is 3.39. The van der Waals surface area contributed by atoms with Gasteiger partial charge in [0.05, 0.1) is 24.5 Å². The molecule has 2 heterocycles. The number of nitrogens with zero attached hydrogens (tertiary/aromatic N) is 2. The number of hydrogen-bond acceptors (Lipinski definition) is 8. The number of anilines is 2. The van der Waals surface area contributed by atoms with Crippen LogP contribution in [0.1, 0.15) is 11.1 Å². The van der Waals surface area contributed by atoms with Crippen molar-refractivity contribution in [3.05, 3.63) is 59.7 Å². The Bertz CT molecular complexity index is 828. The van der Waals surface area contributed by atoms with Gasteiger partial charge in [0.25, 0.3) is 0 Å². The van der Waals surface area contributed by atoms with Crippen molar-refractivity contribution in [1.29, 1.82) is 0 Å². The van der Waals surface area contributed by atoms with Crippen LogP contribution in [0.2, 0.25) is 0 Å². The Kier molecular flexibility index (Phi) is 4.89. The Morgan fingerprint density at radius 2 is 1.14 bits per heavy atom. The van der Waals surface area contributed by atoms with Gasteiger partial charge in [-0.3, -0.25) is 0 Å². The molecule has 2 unspecified atom stereocenters. The molecule has 8 heteroatoms. The van der Waals surface area contributed by atoms with Crippen molar-refractivity contribution < 1.29 is 29.5 Å². The molecule has 2 aromatic rings.